The molecule has 3 aromatic carbocycles. The average Bonchev–Trinajstić information content (AvgIpc) is 3.30. The summed E-state index contributed by atoms with van der Waals surface area (Å²) in [5.74, 6) is 2.11. The maximum atomic E-state index is 13.4. The lowest BCUT2D eigenvalue weighted by molar-refractivity contribution is 0.0553. The fourth-order valence-electron chi connectivity index (χ4n) is 5.59. The summed E-state index contributed by atoms with van der Waals surface area (Å²) in [5.41, 5.74) is 2.78. The van der Waals surface area contributed by atoms with Gasteiger partial charge in [-0.1, -0.05) is 48.5 Å². The molecule has 3 heterocycles. The quantitative estimate of drug-likeness (QED) is 0.277. The Hall–Kier alpha value is -3.81. The number of piperidine rings is 1. The summed E-state index contributed by atoms with van der Waals surface area (Å²) in [5, 5.41) is 12.9. The van der Waals surface area contributed by atoms with E-state index in [1.807, 2.05) is 54.6 Å². The van der Waals surface area contributed by atoms with Crippen molar-refractivity contribution in [3.63, 3.8) is 0 Å². The molecule has 1 aliphatic heterocycles. The third kappa shape index (κ3) is 5.95. The van der Waals surface area contributed by atoms with E-state index in [9.17, 15) is 9.50 Å². The highest BCUT2D eigenvalue weighted by molar-refractivity contribution is 5.88. The van der Waals surface area contributed by atoms with Gasteiger partial charge < -0.3 is 19.3 Å². The van der Waals surface area contributed by atoms with Gasteiger partial charge in [0.25, 0.3) is 0 Å². The Balaban J connectivity index is 1.04. The summed E-state index contributed by atoms with van der Waals surface area (Å²) < 4.78 is 21.6. The first-order valence-electron chi connectivity index (χ1n) is 13.7. The molecule has 1 fully saturated rings. The van der Waals surface area contributed by atoms with E-state index in [0.29, 0.717) is 19.0 Å². The third-order valence-corrected chi connectivity index (χ3v) is 7.66. The van der Waals surface area contributed by atoms with Crippen LogP contribution in [-0.4, -0.2) is 56.9 Å². The molecule has 2 aromatic heterocycles. The first kappa shape index (κ1) is 25.5. The van der Waals surface area contributed by atoms with Crippen molar-refractivity contribution in [3.05, 3.63) is 102 Å². The predicted molar refractivity (Wildman–Crippen MR) is 151 cm³/mol. The number of halogens is 1. The molecular formula is C32H33FN4O2. The van der Waals surface area contributed by atoms with Crippen molar-refractivity contribution in [2.24, 2.45) is 5.92 Å². The van der Waals surface area contributed by atoms with Crippen molar-refractivity contribution in [1.29, 1.82) is 0 Å². The molecule has 1 unspecified atom stereocenters. The number of aliphatic hydroxyl groups is 1. The number of fused-ring (bicyclic) bond motifs is 2. The highest BCUT2D eigenvalue weighted by atomic mass is 19.1. The average molecular weight is 525 g/mol. The van der Waals surface area contributed by atoms with E-state index in [2.05, 4.69) is 26.6 Å². The van der Waals surface area contributed by atoms with Gasteiger partial charge in [0.2, 0.25) is 0 Å². The normalized spacial score (nSPS) is 15.6. The van der Waals surface area contributed by atoms with Gasteiger partial charge in [0.1, 0.15) is 35.6 Å². The van der Waals surface area contributed by atoms with E-state index < -0.39 is 6.10 Å². The Morgan fingerprint density at radius 3 is 2.59 bits per heavy atom. The lowest BCUT2D eigenvalue weighted by Gasteiger charge is -2.33. The Morgan fingerprint density at radius 2 is 1.74 bits per heavy atom. The molecule has 0 saturated carbocycles. The van der Waals surface area contributed by atoms with Gasteiger partial charge in [0.15, 0.2) is 5.65 Å². The number of likely N-dealkylation sites (tertiary alicyclic amines) is 1. The molecule has 0 aliphatic carbocycles. The summed E-state index contributed by atoms with van der Waals surface area (Å²) in [6.07, 6.45) is 4.21. The monoisotopic (exact) mass is 524 g/mol. The van der Waals surface area contributed by atoms with Crippen molar-refractivity contribution in [3.8, 4) is 5.75 Å². The minimum Gasteiger partial charge on any atom is -0.490 e. The Labute approximate surface area is 227 Å². The van der Waals surface area contributed by atoms with Crippen LogP contribution in [0.3, 0.4) is 0 Å². The maximum absolute atomic E-state index is 13.4. The minimum atomic E-state index is -0.550. The molecule has 5 aromatic rings. The molecule has 0 bridgehead atoms. The van der Waals surface area contributed by atoms with E-state index in [1.54, 1.807) is 6.20 Å². The second-order valence-corrected chi connectivity index (χ2v) is 10.5. The topological polar surface area (TPSA) is 63.4 Å². The van der Waals surface area contributed by atoms with E-state index in [4.69, 9.17) is 9.72 Å². The van der Waals surface area contributed by atoms with Crippen LogP contribution in [0.4, 0.5) is 4.39 Å². The Kier molecular flexibility index (Phi) is 7.52. The summed E-state index contributed by atoms with van der Waals surface area (Å²) >= 11 is 0. The number of aliphatic hydroxyl groups excluding tert-OH is 1. The second-order valence-electron chi connectivity index (χ2n) is 10.5. The van der Waals surface area contributed by atoms with Gasteiger partial charge in [-0.2, -0.15) is 0 Å². The zero-order valence-electron chi connectivity index (χ0n) is 21.9. The van der Waals surface area contributed by atoms with Crippen molar-refractivity contribution in [1.82, 2.24) is 19.4 Å². The van der Waals surface area contributed by atoms with Gasteiger partial charge in [-0.05, 0) is 73.1 Å². The lowest BCUT2D eigenvalue weighted by atomic mass is 9.93. The molecular weight excluding hydrogens is 491 g/mol. The van der Waals surface area contributed by atoms with Gasteiger partial charge in [-0.3, -0.25) is 0 Å². The second kappa shape index (κ2) is 11.5. The first-order valence-corrected chi connectivity index (χ1v) is 13.7. The minimum absolute atomic E-state index is 0.232. The zero-order valence-corrected chi connectivity index (χ0v) is 21.9. The molecule has 0 radical (unpaired) electrons. The number of ether oxygens (including phenoxy) is 1. The van der Waals surface area contributed by atoms with Crippen LogP contribution in [-0.2, 0) is 13.0 Å². The number of hydrogen-bond donors (Lipinski definition) is 1. The van der Waals surface area contributed by atoms with Crippen LogP contribution in [0.1, 0.15) is 24.2 Å². The number of nitrogens with zero attached hydrogens (tertiary/aromatic N) is 4. The van der Waals surface area contributed by atoms with Crippen LogP contribution in [0.2, 0.25) is 0 Å². The molecule has 0 amide bonds. The number of imidazole rings is 1. The van der Waals surface area contributed by atoms with Gasteiger partial charge in [-0.25, -0.2) is 14.4 Å². The number of pyridine rings is 1. The third-order valence-electron chi connectivity index (χ3n) is 7.66. The molecule has 7 heteroatoms. The highest BCUT2D eigenvalue weighted by Gasteiger charge is 2.24. The Morgan fingerprint density at radius 1 is 0.949 bits per heavy atom. The largest absolute Gasteiger partial charge is 0.490 e. The summed E-state index contributed by atoms with van der Waals surface area (Å²) in [6.45, 7) is 3.36. The van der Waals surface area contributed by atoms with Crippen LogP contribution in [0.25, 0.3) is 21.9 Å². The number of rotatable bonds is 9. The number of hydrogen-bond acceptors (Lipinski definition) is 5. The van der Waals surface area contributed by atoms with E-state index >= 15 is 0 Å². The zero-order chi connectivity index (χ0) is 26.6. The standard InChI is InChI=1S/C32H33FN4O2/c33-26-12-10-24(11-13-26)20-37-31(35-29-8-4-16-34-32(29)37)19-23-14-17-36(18-15-23)21-27(38)22-39-30-9-3-6-25-5-1-2-7-28(25)30/h1-13,16,23,27,38H,14-15,17-22H2. The number of benzene rings is 3. The van der Waals surface area contributed by atoms with E-state index in [-0.39, 0.29) is 12.4 Å². The highest BCUT2D eigenvalue weighted by Crippen LogP contribution is 2.26. The lowest BCUT2D eigenvalue weighted by Crippen LogP contribution is -2.41. The number of aromatic nitrogens is 3. The summed E-state index contributed by atoms with van der Waals surface area (Å²) in [7, 11) is 0. The predicted octanol–water partition coefficient (Wildman–Crippen LogP) is 5.47. The van der Waals surface area contributed by atoms with E-state index in [1.165, 1.54) is 12.1 Å². The van der Waals surface area contributed by atoms with Crippen molar-refractivity contribution >= 4 is 21.9 Å². The first-order chi connectivity index (χ1) is 19.1. The molecule has 6 rings (SSSR count). The SMILES string of the molecule is OC(COc1cccc2ccccc12)CN1CCC(Cc2nc3cccnc3n2Cc2ccc(F)cc2)CC1. The molecule has 6 nitrogen and oxygen atoms in total. The van der Waals surface area contributed by atoms with Crippen molar-refractivity contribution < 1.29 is 14.2 Å². The van der Waals surface area contributed by atoms with Crippen LogP contribution < -0.4 is 4.74 Å². The van der Waals surface area contributed by atoms with Gasteiger partial charge in [0, 0.05) is 24.5 Å². The molecule has 1 aliphatic rings. The van der Waals surface area contributed by atoms with Gasteiger partial charge in [-0.15, -0.1) is 0 Å². The summed E-state index contributed by atoms with van der Waals surface area (Å²) in [6, 6.07) is 24.7. The molecule has 1 atom stereocenters. The number of β-amino-alcohol motifs (C(OH)–C–C–N with tert-alkyl or cyclic N) is 1. The smallest absolute Gasteiger partial charge is 0.160 e. The fraction of sp³-hybridized carbons (Fsp3) is 0.312. The van der Waals surface area contributed by atoms with E-state index in [0.717, 1.165) is 71.4 Å². The van der Waals surface area contributed by atoms with Crippen LogP contribution >= 0.6 is 0 Å². The van der Waals surface area contributed by atoms with Crippen LogP contribution in [0, 0.1) is 11.7 Å². The van der Waals surface area contributed by atoms with Crippen LogP contribution in [0.15, 0.2) is 85.1 Å². The Bertz CT molecular complexity index is 1540. The van der Waals surface area contributed by atoms with Crippen molar-refractivity contribution in [2.75, 3.05) is 26.2 Å². The maximum Gasteiger partial charge on any atom is 0.160 e. The molecule has 1 N–H and O–H groups in total. The van der Waals surface area contributed by atoms with Gasteiger partial charge >= 0.3 is 0 Å². The van der Waals surface area contributed by atoms with Crippen LogP contribution in [0.5, 0.6) is 5.75 Å². The van der Waals surface area contributed by atoms with Crippen molar-refractivity contribution in [2.45, 2.75) is 31.9 Å². The molecule has 39 heavy (non-hydrogen) atoms. The molecule has 0 spiro atoms. The fourth-order valence-corrected chi connectivity index (χ4v) is 5.59. The molecule has 1 saturated heterocycles. The van der Waals surface area contributed by atoms with Gasteiger partial charge in [0.05, 0.1) is 6.54 Å². The summed E-state index contributed by atoms with van der Waals surface area (Å²) in [4.78, 5) is 11.8. The molecule has 200 valence electrons.